The van der Waals surface area contributed by atoms with Crippen molar-refractivity contribution in [2.24, 2.45) is 0 Å². The van der Waals surface area contributed by atoms with Gasteiger partial charge in [0.05, 0.1) is 12.1 Å². The third-order valence-corrected chi connectivity index (χ3v) is 3.79. The maximum absolute atomic E-state index is 11.9. The molecule has 1 heterocycles. The molecule has 0 saturated heterocycles. The second-order valence-corrected chi connectivity index (χ2v) is 5.51. The molecule has 2 aromatic carbocycles. The number of benzene rings is 2. The van der Waals surface area contributed by atoms with E-state index in [4.69, 9.17) is 10.00 Å². The zero-order valence-electron chi connectivity index (χ0n) is 14.1. The fraction of sp³-hybridized carbons (Fsp3) is 0.0952. The van der Waals surface area contributed by atoms with Crippen LogP contribution in [0.2, 0.25) is 0 Å². The number of carbonyl (C=O) groups is 1. The van der Waals surface area contributed by atoms with Crippen LogP contribution in [-0.2, 0) is 9.53 Å². The molecule has 0 fully saturated rings. The van der Waals surface area contributed by atoms with Crippen LogP contribution in [0.15, 0.2) is 66.9 Å². The third-order valence-electron chi connectivity index (χ3n) is 3.79. The molecule has 0 aliphatic carbocycles. The Morgan fingerprint density at radius 1 is 1.15 bits per heavy atom. The lowest BCUT2D eigenvalue weighted by atomic mass is 10.0. The second-order valence-electron chi connectivity index (χ2n) is 5.51. The molecule has 0 saturated carbocycles. The summed E-state index contributed by atoms with van der Waals surface area (Å²) in [5.41, 5.74) is 1.42. The van der Waals surface area contributed by atoms with Crippen LogP contribution < -0.4 is 5.32 Å². The van der Waals surface area contributed by atoms with Gasteiger partial charge in [-0.1, -0.05) is 42.5 Å². The number of esters is 1. The van der Waals surface area contributed by atoms with Gasteiger partial charge in [-0.3, -0.25) is 0 Å². The van der Waals surface area contributed by atoms with Gasteiger partial charge in [0, 0.05) is 12.3 Å². The molecule has 0 radical (unpaired) electrons. The monoisotopic (exact) mass is 343 g/mol. The highest BCUT2D eigenvalue weighted by atomic mass is 16.5. The predicted octanol–water partition coefficient (Wildman–Crippen LogP) is 3.77. The van der Waals surface area contributed by atoms with Crippen LogP contribution >= 0.6 is 0 Å². The average molecular weight is 343 g/mol. The molecule has 3 aromatic rings. The van der Waals surface area contributed by atoms with Crippen LogP contribution in [0.25, 0.3) is 16.8 Å². The van der Waals surface area contributed by atoms with E-state index in [-0.39, 0.29) is 6.61 Å². The van der Waals surface area contributed by atoms with E-state index in [9.17, 15) is 4.79 Å². The quantitative estimate of drug-likeness (QED) is 0.419. The van der Waals surface area contributed by atoms with Crippen LogP contribution in [0.3, 0.4) is 0 Å². The van der Waals surface area contributed by atoms with Gasteiger partial charge in [0.2, 0.25) is 0 Å². The van der Waals surface area contributed by atoms with Gasteiger partial charge in [0.15, 0.2) is 0 Å². The van der Waals surface area contributed by atoms with Crippen molar-refractivity contribution in [2.45, 2.75) is 0 Å². The number of hydrogen-bond acceptors (Lipinski definition) is 5. The zero-order chi connectivity index (χ0) is 18.2. The molecule has 0 amide bonds. The normalized spacial score (nSPS) is 10.6. The summed E-state index contributed by atoms with van der Waals surface area (Å²) in [7, 11) is 0. The van der Waals surface area contributed by atoms with Gasteiger partial charge in [0.1, 0.15) is 18.5 Å². The number of nitriles is 1. The van der Waals surface area contributed by atoms with Gasteiger partial charge in [-0.25, -0.2) is 9.78 Å². The van der Waals surface area contributed by atoms with Crippen molar-refractivity contribution in [3.63, 3.8) is 0 Å². The minimum absolute atomic E-state index is 0.181. The molecule has 5 nitrogen and oxygen atoms in total. The van der Waals surface area contributed by atoms with E-state index in [1.54, 1.807) is 24.4 Å². The Bertz CT molecular complexity index is 984. The standard InChI is InChI=1S/C21H17N3O2/c22-15-18-8-4-12-23-21(18)24-13-14-26-20(25)11-10-17-7-3-6-16-5-1-2-9-19(16)17/h1-12H,13-14H2,(H,23,24). The van der Waals surface area contributed by atoms with E-state index in [0.717, 1.165) is 16.3 Å². The number of ether oxygens (including phenoxy) is 1. The molecule has 0 atom stereocenters. The third kappa shape index (κ3) is 4.25. The molecule has 0 aliphatic heterocycles. The number of nitrogens with zero attached hydrogens (tertiary/aromatic N) is 2. The Labute approximate surface area is 151 Å². The van der Waals surface area contributed by atoms with Crippen molar-refractivity contribution in [3.05, 3.63) is 78.0 Å². The van der Waals surface area contributed by atoms with Gasteiger partial charge in [-0.15, -0.1) is 0 Å². The predicted molar refractivity (Wildman–Crippen MR) is 101 cm³/mol. The van der Waals surface area contributed by atoms with E-state index >= 15 is 0 Å². The second kappa shape index (κ2) is 8.45. The molecule has 1 N–H and O–H groups in total. The number of fused-ring (bicyclic) bond motifs is 1. The molecule has 0 aliphatic rings. The summed E-state index contributed by atoms with van der Waals surface area (Å²) in [5.74, 6) is 0.0682. The molecular weight excluding hydrogens is 326 g/mol. The summed E-state index contributed by atoms with van der Waals surface area (Å²) in [6.45, 7) is 0.555. The Balaban J connectivity index is 1.53. The van der Waals surface area contributed by atoms with Crippen LogP contribution in [-0.4, -0.2) is 24.1 Å². The highest BCUT2D eigenvalue weighted by Gasteiger charge is 2.03. The van der Waals surface area contributed by atoms with E-state index in [0.29, 0.717) is 17.9 Å². The van der Waals surface area contributed by atoms with Crippen molar-refractivity contribution < 1.29 is 9.53 Å². The summed E-state index contributed by atoms with van der Waals surface area (Å²) in [6.07, 6.45) is 4.77. The fourth-order valence-electron chi connectivity index (χ4n) is 2.56. The Kier molecular flexibility index (Phi) is 5.58. The van der Waals surface area contributed by atoms with Crippen LogP contribution in [0, 0.1) is 11.3 Å². The Hall–Kier alpha value is -3.65. The van der Waals surface area contributed by atoms with Gasteiger partial charge in [-0.2, -0.15) is 5.26 Å². The smallest absolute Gasteiger partial charge is 0.330 e. The van der Waals surface area contributed by atoms with Gasteiger partial charge in [-0.05, 0) is 34.5 Å². The van der Waals surface area contributed by atoms with Crippen LogP contribution in [0.5, 0.6) is 0 Å². The number of hydrogen-bond donors (Lipinski definition) is 1. The Morgan fingerprint density at radius 2 is 2.00 bits per heavy atom. The summed E-state index contributed by atoms with van der Waals surface area (Å²) < 4.78 is 5.17. The molecule has 5 heteroatoms. The van der Waals surface area contributed by atoms with Gasteiger partial charge >= 0.3 is 5.97 Å². The molecule has 3 rings (SSSR count). The first kappa shape index (κ1) is 17.2. The first-order valence-corrected chi connectivity index (χ1v) is 8.19. The van der Waals surface area contributed by atoms with Crippen molar-refractivity contribution in [1.29, 1.82) is 5.26 Å². The summed E-state index contributed by atoms with van der Waals surface area (Å²) in [5, 5.41) is 14.2. The van der Waals surface area contributed by atoms with Crippen molar-refractivity contribution in [3.8, 4) is 6.07 Å². The molecule has 26 heavy (non-hydrogen) atoms. The summed E-state index contributed by atoms with van der Waals surface area (Å²) in [6, 6.07) is 19.4. The van der Waals surface area contributed by atoms with E-state index < -0.39 is 5.97 Å². The van der Waals surface area contributed by atoms with Crippen LogP contribution in [0.1, 0.15) is 11.1 Å². The Morgan fingerprint density at radius 3 is 2.88 bits per heavy atom. The summed E-state index contributed by atoms with van der Waals surface area (Å²) >= 11 is 0. The van der Waals surface area contributed by atoms with Gasteiger partial charge < -0.3 is 10.1 Å². The molecular formula is C21H17N3O2. The van der Waals surface area contributed by atoms with Gasteiger partial charge in [0.25, 0.3) is 0 Å². The fourth-order valence-corrected chi connectivity index (χ4v) is 2.56. The minimum atomic E-state index is -0.415. The lowest BCUT2D eigenvalue weighted by Crippen LogP contribution is -2.13. The van der Waals surface area contributed by atoms with E-state index in [1.807, 2.05) is 42.5 Å². The first-order valence-electron chi connectivity index (χ1n) is 8.19. The average Bonchev–Trinajstić information content (AvgIpc) is 2.70. The molecule has 0 spiro atoms. The molecule has 0 bridgehead atoms. The topological polar surface area (TPSA) is 75.0 Å². The van der Waals surface area contributed by atoms with Crippen molar-refractivity contribution in [2.75, 3.05) is 18.5 Å². The highest BCUT2D eigenvalue weighted by Crippen LogP contribution is 2.19. The maximum Gasteiger partial charge on any atom is 0.330 e. The van der Waals surface area contributed by atoms with Crippen molar-refractivity contribution in [1.82, 2.24) is 4.98 Å². The molecule has 128 valence electrons. The highest BCUT2D eigenvalue weighted by molar-refractivity contribution is 5.94. The number of pyridine rings is 1. The number of anilines is 1. The van der Waals surface area contributed by atoms with Crippen LogP contribution in [0.4, 0.5) is 5.82 Å². The largest absolute Gasteiger partial charge is 0.461 e. The minimum Gasteiger partial charge on any atom is -0.461 e. The zero-order valence-corrected chi connectivity index (χ0v) is 14.1. The number of aromatic nitrogens is 1. The lowest BCUT2D eigenvalue weighted by molar-refractivity contribution is -0.137. The van der Waals surface area contributed by atoms with E-state index in [2.05, 4.69) is 16.4 Å². The lowest BCUT2D eigenvalue weighted by Gasteiger charge is -2.06. The van der Waals surface area contributed by atoms with E-state index in [1.165, 1.54) is 6.08 Å². The van der Waals surface area contributed by atoms with Crippen molar-refractivity contribution >= 4 is 28.6 Å². The molecule has 1 aromatic heterocycles. The molecule has 0 unspecified atom stereocenters. The maximum atomic E-state index is 11.9. The number of carbonyl (C=O) groups excluding carboxylic acids is 1. The number of rotatable bonds is 6. The SMILES string of the molecule is N#Cc1cccnc1NCCOC(=O)C=Cc1cccc2ccccc12. The first-order chi connectivity index (χ1) is 12.8. The summed E-state index contributed by atoms with van der Waals surface area (Å²) in [4.78, 5) is 16.0. The number of nitrogens with one attached hydrogen (secondary N) is 1.